The summed E-state index contributed by atoms with van der Waals surface area (Å²) >= 11 is 6.18. The second-order valence-electron chi connectivity index (χ2n) is 6.72. The number of benzene rings is 1. The minimum atomic E-state index is -0.837. The van der Waals surface area contributed by atoms with Gasteiger partial charge in [-0.1, -0.05) is 23.7 Å². The van der Waals surface area contributed by atoms with Crippen LogP contribution in [0.3, 0.4) is 0 Å². The number of aliphatic hydroxyl groups is 1. The predicted molar refractivity (Wildman–Crippen MR) is 97.7 cm³/mol. The maximum absolute atomic E-state index is 9.92. The number of hydrogen-bond donors (Lipinski definition) is 2. The summed E-state index contributed by atoms with van der Waals surface area (Å²) in [5.41, 5.74) is 4.95. The molecule has 3 aromatic rings. The molecule has 126 valence electrons. The van der Waals surface area contributed by atoms with Crippen molar-refractivity contribution in [1.82, 2.24) is 14.6 Å². The highest BCUT2D eigenvalue weighted by atomic mass is 35.5. The molecule has 0 unspecified atom stereocenters. The van der Waals surface area contributed by atoms with Crippen molar-refractivity contribution >= 4 is 22.9 Å². The van der Waals surface area contributed by atoms with Gasteiger partial charge in [-0.15, -0.1) is 0 Å². The number of imidazole rings is 1. The lowest BCUT2D eigenvalue weighted by Gasteiger charge is -2.18. The third kappa shape index (κ3) is 3.37. The Bertz CT molecular complexity index is 896. The van der Waals surface area contributed by atoms with E-state index in [4.69, 9.17) is 11.6 Å². The van der Waals surface area contributed by atoms with Crippen LogP contribution in [0.15, 0.2) is 30.5 Å². The second-order valence-corrected chi connectivity index (χ2v) is 7.11. The Morgan fingerprint density at radius 3 is 2.62 bits per heavy atom. The lowest BCUT2D eigenvalue weighted by Crippen LogP contribution is -2.29. The average molecular weight is 345 g/mol. The van der Waals surface area contributed by atoms with Gasteiger partial charge in [-0.2, -0.15) is 5.10 Å². The number of nitrogens with one attached hydrogen (secondary N) is 1. The van der Waals surface area contributed by atoms with Crippen LogP contribution in [0.4, 0.5) is 5.69 Å². The number of aromatic nitrogens is 3. The molecule has 0 fully saturated rings. The summed E-state index contributed by atoms with van der Waals surface area (Å²) in [5, 5.41) is 17.9. The second kappa shape index (κ2) is 6.07. The van der Waals surface area contributed by atoms with Gasteiger partial charge in [0.25, 0.3) is 0 Å². The molecule has 2 N–H and O–H groups in total. The van der Waals surface area contributed by atoms with Gasteiger partial charge in [0.05, 0.1) is 23.2 Å². The van der Waals surface area contributed by atoms with E-state index in [2.05, 4.69) is 47.4 Å². The van der Waals surface area contributed by atoms with Gasteiger partial charge in [-0.25, -0.2) is 9.50 Å². The monoisotopic (exact) mass is 344 g/mol. The van der Waals surface area contributed by atoms with Gasteiger partial charge >= 0.3 is 0 Å². The van der Waals surface area contributed by atoms with E-state index in [0.29, 0.717) is 17.3 Å². The first-order chi connectivity index (χ1) is 11.2. The SMILES string of the molecule is Cc1ccc(-c2cnc3c(NCC(C)(C)O)cc(Cl)nn23)cc1C. The molecule has 0 radical (unpaired) electrons. The van der Waals surface area contributed by atoms with Crippen molar-refractivity contribution in [2.75, 3.05) is 11.9 Å². The Morgan fingerprint density at radius 2 is 1.96 bits per heavy atom. The molecule has 0 bridgehead atoms. The molecule has 0 saturated carbocycles. The Kier molecular flexibility index (Phi) is 4.24. The number of fused-ring (bicyclic) bond motifs is 1. The van der Waals surface area contributed by atoms with Crippen LogP contribution in [0.1, 0.15) is 25.0 Å². The van der Waals surface area contributed by atoms with E-state index < -0.39 is 5.60 Å². The molecule has 0 aliphatic rings. The first-order valence-electron chi connectivity index (χ1n) is 7.83. The standard InChI is InChI=1S/C18H21ClN4O/c1-11-5-6-13(7-12(11)2)15-9-20-17-14(21-10-18(3,4)24)8-16(19)22-23(15)17/h5-9,21,24H,10H2,1-4H3. The quantitative estimate of drug-likeness (QED) is 0.754. The summed E-state index contributed by atoms with van der Waals surface area (Å²) in [6, 6.07) is 7.98. The molecule has 0 saturated heterocycles. The largest absolute Gasteiger partial charge is 0.389 e. The van der Waals surface area contributed by atoms with Gasteiger partial charge in [-0.3, -0.25) is 0 Å². The molecule has 5 nitrogen and oxygen atoms in total. The zero-order valence-corrected chi connectivity index (χ0v) is 15.0. The van der Waals surface area contributed by atoms with Gasteiger partial charge in [-0.05, 0) is 44.9 Å². The molecule has 2 heterocycles. The Balaban J connectivity index is 2.08. The van der Waals surface area contributed by atoms with Crippen molar-refractivity contribution in [3.63, 3.8) is 0 Å². The summed E-state index contributed by atoms with van der Waals surface area (Å²) in [6.45, 7) is 8.03. The topological polar surface area (TPSA) is 62.5 Å². The molecule has 0 amide bonds. The fraction of sp³-hybridized carbons (Fsp3) is 0.333. The van der Waals surface area contributed by atoms with E-state index in [9.17, 15) is 5.11 Å². The molecule has 0 aliphatic carbocycles. The van der Waals surface area contributed by atoms with Crippen LogP contribution in [-0.4, -0.2) is 31.9 Å². The van der Waals surface area contributed by atoms with Crippen LogP contribution >= 0.6 is 11.6 Å². The van der Waals surface area contributed by atoms with E-state index in [0.717, 1.165) is 16.9 Å². The Labute approximate surface area is 146 Å². The fourth-order valence-electron chi connectivity index (χ4n) is 2.48. The predicted octanol–water partition coefficient (Wildman–Crippen LogP) is 3.85. The van der Waals surface area contributed by atoms with Crippen molar-refractivity contribution in [3.8, 4) is 11.3 Å². The Hall–Kier alpha value is -2.11. The summed E-state index contributed by atoms with van der Waals surface area (Å²) < 4.78 is 1.74. The summed E-state index contributed by atoms with van der Waals surface area (Å²) in [4.78, 5) is 4.49. The summed E-state index contributed by atoms with van der Waals surface area (Å²) in [6.07, 6.45) is 1.79. The zero-order chi connectivity index (χ0) is 17.5. The highest BCUT2D eigenvalue weighted by molar-refractivity contribution is 6.29. The lowest BCUT2D eigenvalue weighted by molar-refractivity contribution is 0.0945. The van der Waals surface area contributed by atoms with E-state index in [1.54, 1.807) is 30.6 Å². The lowest BCUT2D eigenvalue weighted by atomic mass is 10.0. The van der Waals surface area contributed by atoms with Crippen LogP contribution in [0.5, 0.6) is 0 Å². The maximum atomic E-state index is 9.92. The van der Waals surface area contributed by atoms with Gasteiger partial charge in [0.1, 0.15) is 0 Å². The van der Waals surface area contributed by atoms with Gasteiger partial charge < -0.3 is 10.4 Å². The minimum Gasteiger partial charge on any atom is -0.389 e. The number of nitrogens with zero attached hydrogens (tertiary/aromatic N) is 3. The Morgan fingerprint density at radius 1 is 1.21 bits per heavy atom. The number of aryl methyl sites for hydroxylation is 2. The normalized spacial score (nSPS) is 11.9. The summed E-state index contributed by atoms with van der Waals surface area (Å²) in [5.74, 6) is 0. The third-order valence-corrected chi connectivity index (χ3v) is 4.14. The van der Waals surface area contributed by atoms with E-state index >= 15 is 0 Å². The number of halogens is 1. The van der Waals surface area contributed by atoms with Crippen molar-refractivity contribution in [2.45, 2.75) is 33.3 Å². The molecule has 2 aromatic heterocycles. The average Bonchev–Trinajstić information content (AvgIpc) is 2.90. The molecular formula is C18H21ClN4O. The van der Waals surface area contributed by atoms with Crippen LogP contribution in [-0.2, 0) is 0 Å². The highest BCUT2D eigenvalue weighted by Gasteiger charge is 2.16. The van der Waals surface area contributed by atoms with Crippen LogP contribution in [0, 0.1) is 13.8 Å². The van der Waals surface area contributed by atoms with E-state index in [-0.39, 0.29) is 0 Å². The maximum Gasteiger partial charge on any atom is 0.177 e. The number of rotatable bonds is 4. The molecular weight excluding hydrogens is 324 g/mol. The van der Waals surface area contributed by atoms with Crippen molar-refractivity contribution < 1.29 is 5.11 Å². The van der Waals surface area contributed by atoms with Gasteiger partial charge in [0.15, 0.2) is 10.8 Å². The molecule has 24 heavy (non-hydrogen) atoms. The van der Waals surface area contributed by atoms with E-state index in [1.165, 1.54) is 11.1 Å². The molecule has 0 spiro atoms. The molecule has 1 aromatic carbocycles. The van der Waals surface area contributed by atoms with Gasteiger partial charge in [0.2, 0.25) is 0 Å². The molecule has 0 atom stereocenters. The molecule has 0 aliphatic heterocycles. The minimum absolute atomic E-state index is 0.365. The van der Waals surface area contributed by atoms with Crippen molar-refractivity contribution in [1.29, 1.82) is 0 Å². The fourth-order valence-corrected chi connectivity index (χ4v) is 2.66. The summed E-state index contributed by atoms with van der Waals surface area (Å²) in [7, 11) is 0. The molecule has 3 rings (SSSR count). The highest BCUT2D eigenvalue weighted by Crippen LogP contribution is 2.27. The van der Waals surface area contributed by atoms with Gasteiger partial charge in [0, 0.05) is 18.2 Å². The van der Waals surface area contributed by atoms with Crippen molar-refractivity contribution in [3.05, 3.63) is 46.7 Å². The smallest absolute Gasteiger partial charge is 0.177 e. The number of anilines is 1. The van der Waals surface area contributed by atoms with Crippen LogP contribution in [0.25, 0.3) is 16.9 Å². The zero-order valence-electron chi connectivity index (χ0n) is 14.3. The van der Waals surface area contributed by atoms with E-state index in [1.807, 2.05) is 0 Å². The molecule has 6 heteroatoms. The number of hydrogen-bond acceptors (Lipinski definition) is 4. The first kappa shape index (κ1) is 16.7. The van der Waals surface area contributed by atoms with Crippen molar-refractivity contribution in [2.24, 2.45) is 0 Å². The first-order valence-corrected chi connectivity index (χ1v) is 8.20. The van der Waals surface area contributed by atoms with Crippen LogP contribution < -0.4 is 5.32 Å². The third-order valence-electron chi connectivity index (χ3n) is 3.95. The van der Waals surface area contributed by atoms with Crippen LogP contribution in [0.2, 0.25) is 5.15 Å².